The molecule has 7 heteroatoms. The Hall–Kier alpha value is -1.99. The molecule has 0 saturated carbocycles. The summed E-state index contributed by atoms with van der Waals surface area (Å²) in [4.78, 5) is 6.61. The van der Waals surface area contributed by atoms with Crippen molar-refractivity contribution in [3.63, 3.8) is 0 Å². The molecule has 1 saturated heterocycles. The second-order valence-corrected chi connectivity index (χ2v) is 6.35. The maximum absolute atomic E-state index is 5.52. The van der Waals surface area contributed by atoms with Crippen LogP contribution in [-0.2, 0) is 4.74 Å². The van der Waals surface area contributed by atoms with Gasteiger partial charge in [0.2, 0.25) is 0 Å². The van der Waals surface area contributed by atoms with Crippen LogP contribution < -0.4 is 20.1 Å². The normalized spacial score (nSPS) is 17.3. The van der Waals surface area contributed by atoms with Gasteiger partial charge in [0.1, 0.15) is 0 Å². The third kappa shape index (κ3) is 4.76. The molecule has 0 amide bonds. The minimum Gasteiger partial charge on any atom is -0.493 e. The van der Waals surface area contributed by atoms with Gasteiger partial charge in [0.05, 0.1) is 14.2 Å². The van der Waals surface area contributed by atoms with Crippen LogP contribution in [0.25, 0.3) is 0 Å². The van der Waals surface area contributed by atoms with Gasteiger partial charge >= 0.3 is 0 Å². The molecule has 0 aliphatic carbocycles. The van der Waals surface area contributed by atoms with Crippen LogP contribution in [0.4, 0.5) is 5.69 Å². The van der Waals surface area contributed by atoms with Crippen LogP contribution in [0.5, 0.6) is 11.5 Å². The minimum absolute atomic E-state index is 0.0769. The van der Waals surface area contributed by atoms with Gasteiger partial charge in [-0.25, -0.2) is 0 Å². The molecule has 7 nitrogen and oxygen atoms in total. The molecule has 25 heavy (non-hydrogen) atoms. The number of rotatable bonds is 6. The van der Waals surface area contributed by atoms with E-state index in [1.54, 1.807) is 21.3 Å². The van der Waals surface area contributed by atoms with Gasteiger partial charge in [0.15, 0.2) is 17.5 Å². The van der Waals surface area contributed by atoms with Crippen molar-refractivity contribution in [2.75, 3.05) is 60.4 Å². The number of ether oxygens (including phenoxy) is 3. The van der Waals surface area contributed by atoms with Crippen LogP contribution in [0.1, 0.15) is 12.8 Å². The standard InChI is InChI=1S/C18H30N4O3/c1-19-17(20-13-18(22(2)3)8-10-25-11-9-18)21-14-6-7-15(23-4)16(12-14)24-5/h6-7,12H,8-11,13H2,1-5H3,(H2,19,20,21). The van der Waals surface area contributed by atoms with Gasteiger partial charge in [-0.2, -0.15) is 0 Å². The van der Waals surface area contributed by atoms with Crippen molar-refractivity contribution in [3.8, 4) is 11.5 Å². The van der Waals surface area contributed by atoms with Gasteiger partial charge in [0, 0.05) is 44.1 Å². The topological polar surface area (TPSA) is 67.4 Å². The van der Waals surface area contributed by atoms with Crippen LogP contribution in [0.3, 0.4) is 0 Å². The monoisotopic (exact) mass is 350 g/mol. The summed E-state index contributed by atoms with van der Waals surface area (Å²) in [7, 11) is 9.26. The lowest BCUT2D eigenvalue weighted by Gasteiger charge is -2.43. The zero-order valence-corrected chi connectivity index (χ0v) is 15.9. The second-order valence-electron chi connectivity index (χ2n) is 6.35. The maximum Gasteiger partial charge on any atom is 0.195 e. The summed E-state index contributed by atoms with van der Waals surface area (Å²) < 4.78 is 16.1. The van der Waals surface area contributed by atoms with Crippen LogP contribution in [0, 0.1) is 0 Å². The molecule has 0 radical (unpaired) electrons. The molecule has 1 aliphatic rings. The number of guanidine groups is 1. The molecule has 0 atom stereocenters. The molecule has 1 fully saturated rings. The number of benzene rings is 1. The zero-order valence-electron chi connectivity index (χ0n) is 15.9. The summed E-state index contributed by atoms with van der Waals surface area (Å²) >= 11 is 0. The minimum atomic E-state index is 0.0769. The maximum atomic E-state index is 5.52. The third-order valence-electron chi connectivity index (χ3n) is 4.83. The first kappa shape index (κ1) is 19.3. The number of aliphatic imine (C=N–C) groups is 1. The van der Waals surface area contributed by atoms with Gasteiger partial charge in [-0.05, 0) is 39.1 Å². The molecule has 0 bridgehead atoms. The van der Waals surface area contributed by atoms with Gasteiger partial charge in [0.25, 0.3) is 0 Å². The van der Waals surface area contributed by atoms with E-state index in [1.807, 2.05) is 18.2 Å². The first-order valence-corrected chi connectivity index (χ1v) is 8.49. The molecule has 2 rings (SSSR count). The summed E-state index contributed by atoms with van der Waals surface area (Å²) in [5.74, 6) is 2.10. The predicted octanol–water partition coefficient (Wildman–Crippen LogP) is 1.80. The van der Waals surface area contributed by atoms with Crippen molar-refractivity contribution in [2.45, 2.75) is 18.4 Å². The lowest BCUT2D eigenvalue weighted by molar-refractivity contribution is -0.00491. The Bertz CT molecular complexity index is 584. The fraction of sp³-hybridized carbons (Fsp3) is 0.611. The van der Waals surface area contributed by atoms with Crippen molar-refractivity contribution >= 4 is 11.6 Å². The zero-order chi connectivity index (χ0) is 18.3. The molecule has 0 aromatic heterocycles. The Morgan fingerprint density at radius 1 is 1.20 bits per heavy atom. The number of likely N-dealkylation sites (N-methyl/N-ethyl adjacent to an activating group) is 1. The number of nitrogens with zero attached hydrogens (tertiary/aromatic N) is 2. The molecule has 140 valence electrons. The van der Waals surface area contributed by atoms with E-state index in [0.717, 1.165) is 44.2 Å². The van der Waals surface area contributed by atoms with Crippen LogP contribution >= 0.6 is 0 Å². The molecular formula is C18H30N4O3. The Balaban J connectivity index is 2.03. The highest BCUT2D eigenvalue weighted by Gasteiger charge is 2.34. The predicted molar refractivity (Wildman–Crippen MR) is 101 cm³/mol. The number of nitrogens with one attached hydrogen (secondary N) is 2. The lowest BCUT2D eigenvalue weighted by Crippen LogP contribution is -2.56. The Kier molecular flexibility index (Phi) is 6.90. The van der Waals surface area contributed by atoms with Gasteiger partial charge in [-0.15, -0.1) is 0 Å². The van der Waals surface area contributed by atoms with Crippen LogP contribution in [0.2, 0.25) is 0 Å². The molecule has 1 heterocycles. The Morgan fingerprint density at radius 2 is 1.88 bits per heavy atom. The summed E-state index contributed by atoms with van der Waals surface area (Å²) in [5.41, 5.74) is 0.963. The van der Waals surface area contributed by atoms with Crippen molar-refractivity contribution in [3.05, 3.63) is 18.2 Å². The number of methoxy groups -OCH3 is 2. The summed E-state index contributed by atoms with van der Waals surface area (Å²) in [5, 5.41) is 6.75. The van der Waals surface area contributed by atoms with E-state index < -0.39 is 0 Å². The fourth-order valence-corrected chi connectivity index (χ4v) is 3.01. The van der Waals surface area contributed by atoms with Gasteiger partial charge in [-0.3, -0.25) is 4.99 Å². The van der Waals surface area contributed by atoms with Crippen molar-refractivity contribution in [2.24, 2.45) is 4.99 Å². The van der Waals surface area contributed by atoms with Crippen molar-refractivity contribution in [1.29, 1.82) is 0 Å². The van der Waals surface area contributed by atoms with E-state index in [9.17, 15) is 0 Å². The molecule has 1 aromatic carbocycles. The fourth-order valence-electron chi connectivity index (χ4n) is 3.01. The largest absolute Gasteiger partial charge is 0.493 e. The summed E-state index contributed by atoms with van der Waals surface area (Å²) in [6.45, 7) is 2.39. The molecule has 0 unspecified atom stereocenters. The summed E-state index contributed by atoms with van der Waals surface area (Å²) in [6.07, 6.45) is 2.00. The number of hydrogen-bond acceptors (Lipinski definition) is 5. The van der Waals surface area contributed by atoms with Crippen LogP contribution in [0.15, 0.2) is 23.2 Å². The van der Waals surface area contributed by atoms with Crippen molar-refractivity contribution < 1.29 is 14.2 Å². The van der Waals surface area contributed by atoms with E-state index in [1.165, 1.54) is 0 Å². The third-order valence-corrected chi connectivity index (χ3v) is 4.83. The highest BCUT2D eigenvalue weighted by Crippen LogP contribution is 2.30. The van der Waals surface area contributed by atoms with Gasteiger partial charge < -0.3 is 29.7 Å². The van der Waals surface area contributed by atoms with Crippen LogP contribution in [-0.4, -0.2) is 71.5 Å². The average Bonchev–Trinajstić information content (AvgIpc) is 2.65. The van der Waals surface area contributed by atoms with E-state index in [2.05, 4.69) is 34.6 Å². The molecule has 2 N–H and O–H groups in total. The van der Waals surface area contributed by atoms with E-state index >= 15 is 0 Å². The van der Waals surface area contributed by atoms with Gasteiger partial charge in [-0.1, -0.05) is 0 Å². The second kappa shape index (κ2) is 8.92. The lowest BCUT2D eigenvalue weighted by atomic mass is 9.88. The van der Waals surface area contributed by atoms with Crippen molar-refractivity contribution in [1.82, 2.24) is 10.2 Å². The van der Waals surface area contributed by atoms with E-state index in [4.69, 9.17) is 14.2 Å². The highest BCUT2D eigenvalue weighted by molar-refractivity contribution is 5.93. The molecule has 0 spiro atoms. The summed E-state index contributed by atoms with van der Waals surface area (Å²) in [6, 6.07) is 5.69. The highest BCUT2D eigenvalue weighted by atomic mass is 16.5. The first-order chi connectivity index (χ1) is 12.0. The average molecular weight is 350 g/mol. The molecule has 1 aliphatic heterocycles. The van der Waals surface area contributed by atoms with E-state index in [0.29, 0.717) is 11.5 Å². The SMILES string of the molecule is CN=C(NCC1(N(C)C)CCOCC1)Nc1ccc(OC)c(OC)c1. The quantitative estimate of drug-likeness (QED) is 0.602. The Labute approximate surface area is 150 Å². The smallest absolute Gasteiger partial charge is 0.195 e. The first-order valence-electron chi connectivity index (χ1n) is 8.49. The molecular weight excluding hydrogens is 320 g/mol. The Morgan fingerprint density at radius 3 is 2.44 bits per heavy atom. The molecule has 1 aromatic rings. The van der Waals surface area contributed by atoms with E-state index in [-0.39, 0.29) is 5.54 Å². The number of anilines is 1. The number of hydrogen-bond donors (Lipinski definition) is 2.